The minimum absolute atomic E-state index is 0.128. The van der Waals surface area contributed by atoms with Gasteiger partial charge in [-0.25, -0.2) is 4.68 Å². The van der Waals surface area contributed by atoms with Crippen LogP contribution >= 0.6 is 11.6 Å². The Morgan fingerprint density at radius 1 is 0.974 bits per heavy atom. The molecule has 0 aliphatic heterocycles. The molecule has 1 atom stereocenters. The van der Waals surface area contributed by atoms with Gasteiger partial charge in [0.1, 0.15) is 6.04 Å². The Bertz CT molecular complexity index is 1620. The standard InChI is InChI=1S/C31H31ClN6O/c1-21-8-7-11-24-18-27(31(39)33-28(21)24)29(30-34-35-36-38(30)26-12-5-6-13-26)37(19-22-9-3-2-4-10-22)20-23-14-16-25(32)17-15-23/h2-4,7-11,14-18,26,29H,5-6,12-13,19-20H2,1H3,(H,33,39)/t29-/m0/s1. The molecule has 8 heteroatoms. The van der Waals surface area contributed by atoms with Crippen LogP contribution in [0.5, 0.6) is 0 Å². The molecule has 1 N–H and O–H groups in total. The second-order valence-corrected chi connectivity index (χ2v) is 10.9. The molecule has 0 radical (unpaired) electrons. The molecule has 2 heterocycles. The lowest BCUT2D eigenvalue weighted by molar-refractivity contribution is 0.190. The average Bonchev–Trinajstić information content (AvgIpc) is 3.64. The minimum Gasteiger partial charge on any atom is -0.321 e. The molecule has 2 aromatic heterocycles. The molecule has 0 unspecified atom stereocenters. The number of H-pyrrole nitrogens is 1. The highest BCUT2D eigenvalue weighted by molar-refractivity contribution is 6.30. The molecule has 39 heavy (non-hydrogen) atoms. The van der Waals surface area contributed by atoms with Crippen LogP contribution in [0.25, 0.3) is 10.9 Å². The van der Waals surface area contributed by atoms with Crippen molar-refractivity contribution in [2.24, 2.45) is 0 Å². The van der Waals surface area contributed by atoms with Crippen molar-refractivity contribution in [2.75, 3.05) is 0 Å². The zero-order valence-corrected chi connectivity index (χ0v) is 22.7. The van der Waals surface area contributed by atoms with Gasteiger partial charge in [-0.2, -0.15) is 0 Å². The zero-order valence-electron chi connectivity index (χ0n) is 21.9. The SMILES string of the molecule is Cc1cccc2cc([C@@H](c3nnnn3C3CCCC3)N(Cc3ccccc3)Cc3ccc(Cl)cc3)c(=O)[nH]c12. The van der Waals surface area contributed by atoms with Crippen molar-refractivity contribution in [2.45, 2.75) is 57.8 Å². The molecule has 0 bridgehead atoms. The van der Waals surface area contributed by atoms with Crippen molar-refractivity contribution in [3.05, 3.63) is 122 Å². The molecule has 1 fully saturated rings. The van der Waals surface area contributed by atoms with E-state index in [4.69, 9.17) is 11.6 Å². The van der Waals surface area contributed by atoms with Crippen molar-refractivity contribution in [1.29, 1.82) is 0 Å². The Hall–Kier alpha value is -3.81. The molecule has 1 aliphatic rings. The Balaban J connectivity index is 1.54. The number of fused-ring (bicyclic) bond motifs is 1. The number of benzene rings is 3. The van der Waals surface area contributed by atoms with Gasteiger partial charge < -0.3 is 4.98 Å². The third-order valence-electron chi connectivity index (χ3n) is 7.74. The number of pyridine rings is 1. The van der Waals surface area contributed by atoms with Gasteiger partial charge in [-0.3, -0.25) is 9.69 Å². The van der Waals surface area contributed by atoms with Crippen LogP contribution in [0.4, 0.5) is 0 Å². The van der Waals surface area contributed by atoms with Crippen LogP contribution in [0.2, 0.25) is 5.02 Å². The topological polar surface area (TPSA) is 79.7 Å². The summed E-state index contributed by atoms with van der Waals surface area (Å²) in [6.07, 6.45) is 4.38. The summed E-state index contributed by atoms with van der Waals surface area (Å²) in [4.78, 5) is 19.3. The largest absolute Gasteiger partial charge is 0.321 e. The van der Waals surface area contributed by atoms with E-state index in [0.29, 0.717) is 29.5 Å². The van der Waals surface area contributed by atoms with E-state index in [9.17, 15) is 4.79 Å². The number of hydrogen-bond acceptors (Lipinski definition) is 5. The third-order valence-corrected chi connectivity index (χ3v) is 7.99. The van der Waals surface area contributed by atoms with Gasteiger partial charge in [-0.15, -0.1) is 5.10 Å². The summed E-state index contributed by atoms with van der Waals surface area (Å²) >= 11 is 6.21. The second kappa shape index (κ2) is 11.1. The van der Waals surface area contributed by atoms with Crippen LogP contribution in [0, 0.1) is 6.92 Å². The fourth-order valence-electron chi connectivity index (χ4n) is 5.77. The monoisotopic (exact) mass is 538 g/mol. The third kappa shape index (κ3) is 5.37. The second-order valence-electron chi connectivity index (χ2n) is 10.4. The van der Waals surface area contributed by atoms with Crippen LogP contribution in [0.1, 0.15) is 65.8 Å². The van der Waals surface area contributed by atoms with Crippen LogP contribution in [0.3, 0.4) is 0 Å². The summed E-state index contributed by atoms with van der Waals surface area (Å²) in [6, 6.07) is 26.0. The molecule has 1 aliphatic carbocycles. The number of aryl methyl sites for hydroxylation is 1. The van der Waals surface area contributed by atoms with Crippen LogP contribution in [0.15, 0.2) is 83.7 Å². The number of aromatic nitrogens is 5. The zero-order chi connectivity index (χ0) is 26.8. The molecule has 0 amide bonds. The molecule has 198 valence electrons. The molecular weight excluding hydrogens is 508 g/mol. The molecule has 0 spiro atoms. The summed E-state index contributed by atoms with van der Waals surface area (Å²) < 4.78 is 1.97. The quantitative estimate of drug-likeness (QED) is 0.248. The van der Waals surface area contributed by atoms with Gasteiger partial charge in [0.25, 0.3) is 5.56 Å². The van der Waals surface area contributed by atoms with Crippen molar-refractivity contribution in [3.63, 3.8) is 0 Å². The van der Waals surface area contributed by atoms with Crippen LogP contribution < -0.4 is 5.56 Å². The van der Waals surface area contributed by atoms with E-state index >= 15 is 0 Å². The lowest BCUT2D eigenvalue weighted by Crippen LogP contribution is -2.35. The molecule has 1 saturated carbocycles. The number of tetrazole rings is 1. The summed E-state index contributed by atoms with van der Waals surface area (Å²) in [5.74, 6) is 0.698. The van der Waals surface area contributed by atoms with Crippen LogP contribution in [-0.2, 0) is 13.1 Å². The molecular formula is C31H31ClN6O. The number of rotatable bonds is 8. The number of halogens is 1. The fourth-order valence-corrected chi connectivity index (χ4v) is 5.90. The van der Waals surface area contributed by atoms with Gasteiger partial charge in [0.15, 0.2) is 5.82 Å². The van der Waals surface area contributed by atoms with E-state index in [1.54, 1.807) is 0 Å². The number of nitrogens with one attached hydrogen (secondary N) is 1. The average molecular weight is 539 g/mol. The summed E-state index contributed by atoms with van der Waals surface area (Å²) in [5, 5.41) is 14.9. The summed E-state index contributed by atoms with van der Waals surface area (Å²) in [5.41, 5.74) is 4.63. The smallest absolute Gasteiger partial charge is 0.253 e. The Labute approximate surface area is 232 Å². The summed E-state index contributed by atoms with van der Waals surface area (Å²) in [7, 11) is 0. The first-order chi connectivity index (χ1) is 19.1. The number of hydrogen-bond donors (Lipinski definition) is 1. The van der Waals surface area contributed by atoms with Gasteiger partial charge in [0.2, 0.25) is 0 Å². The molecule has 7 nitrogen and oxygen atoms in total. The maximum absolute atomic E-state index is 13.8. The van der Waals surface area contributed by atoms with Gasteiger partial charge >= 0.3 is 0 Å². The maximum Gasteiger partial charge on any atom is 0.253 e. The van der Waals surface area contributed by atoms with Gasteiger partial charge in [-0.05, 0) is 70.5 Å². The van der Waals surface area contributed by atoms with E-state index in [1.165, 1.54) is 0 Å². The van der Waals surface area contributed by atoms with Crippen molar-refractivity contribution >= 4 is 22.5 Å². The predicted molar refractivity (Wildman–Crippen MR) is 154 cm³/mol. The summed E-state index contributed by atoms with van der Waals surface area (Å²) in [6.45, 7) is 3.20. The highest BCUT2D eigenvalue weighted by Crippen LogP contribution is 2.35. The van der Waals surface area contributed by atoms with Crippen LogP contribution in [-0.4, -0.2) is 30.1 Å². The van der Waals surface area contributed by atoms with Crippen molar-refractivity contribution in [1.82, 2.24) is 30.1 Å². The first-order valence-electron chi connectivity index (χ1n) is 13.5. The number of para-hydroxylation sites is 1. The maximum atomic E-state index is 13.8. The predicted octanol–water partition coefficient (Wildman–Crippen LogP) is 6.38. The van der Waals surface area contributed by atoms with Gasteiger partial charge in [-0.1, -0.05) is 85.1 Å². The minimum atomic E-state index is -0.467. The lowest BCUT2D eigenvalue weighted by atomic mass is 10.00. The molecule has 3 aromatic carbocycles. The fraction of sp³-hybridized carbons (Fsp3) is 0.290. The molecule has 6 rings (SSSR count). The Morgan fingerprint density at radius 3 is 2.44 bits per heavy atom. The first kappa shape index (κ1) is 25.5. The van der Waals surface area contributed by atoms with Gasteiger partial charge in [0, 0.05) is 23.7 Å². The molecule has 5 aromatic rings. The lowest BCUT2D eigenvalue weighted by Gasteiger charge is -2.32. The van der Waals surface area contributed by atoms with Crippen molar-refractivity contribution < 1.29 is 0 Å². The van der Waals surface area contributed by atoms with E-state index in [1.807, 2.05) is 78.3 Å². The van der Waals surface area contributed by atoms with E-state index in [0.717, 1.165) is 53.3 Å². The normalized spacial score (nSPS) is 14.8. The highest BCUT2D eigenvalue weighted by atomic mass is 35.5. The van der Waals surface area contributed by atoms with E-state index < -0.39 is 6.04 Å². The first-order valence-corrected chi connectivity index (χ1v) is 13.9. The Morgan fingerprint density at radius 2 is 1.69 bits per heavy atom. The van der Waals surface area contributed by atoms with Gasteiger partial charge in [0.05, 0.1) is 11.6 Å². The number of aromatic amines is 1. The highest BCUT2D eigenvalue weighted by Gasteiger charge is 2.33. The van der Waals surface area contributed by atoms with E-state index in [2.05, 4.69) is 37.5 Å². The molecule has 0 saturated heterocycles. The van der Waals surface area contributed by atoms with E-state index in [-0.39, 0.29) is 11.6 Å². The number of nitrogens with zero attached hydrogens (tertiary/aromatic N) is 5. The Kier molecular flexibility index (Phi) is 7.26. The van der Waals surface area contributed by atoms with Crippen molar-refractivity contribution in [3.8, 4) is 0 Å².